The molecule has 0 aromatic heterocycles. The number of ether oxygens (including phenoxy) is 1. The Labute approximate surface area is 102 Å². The molecule has 0 radical (unpaired) electrons. The van der Waals surface area contributed by atoms with Crippen molar-refractivity contribution in [2.24, 2.45) is 5.92 Å². The summed E-state index contributed by atoms with van der Waals surface area (Å²) >= 11 is 0. The fourth-order valence-corrected chi connectivity index (χ4v) is 1.92. The van der Waals surface area contributed by atoms with Gasteiger partial charge in [-0.25, -0.2) is 4.79 Å². The van der Waals surface area contributed by atoms with Crippen LogP contribution in [0, 0.1) is 5.92 Å². The van der Waals surface area contributed by atoms with Gasteiger partial charge < -0.3 is 15.0 Å². The van der Waals surface area contributed by atoms with Crippen molar-refractivity contribution in [3.63, 3.8) is 0 Å². The highest BCUT2D eigenvalue weighted by Crippen LogP contribution is 2.18. The van der Waals surface area contributed by atoms with Gasteiger partial charge in [0.2, 0.25) is 0 Å². The van der Waals surface area contributed by atoms with Gasteiger partial charge in [-0.2, -0.15) is 0 Å². The molecular weight excluding hydrogens is 220 g/mol. The zero-order valence-corrected chi connectivity index (χ0v) is 11.1. The van der Waals surface area contributed by atoms with E-state index in [4.69, 9.17) is 4.74 Å². The van der Waals surface area contributed by atoms with Crippen LogP contribution in [0.1, 0.15) is 33.6 Å². The zero-order valence-electron chi connectivity index (χ0n) is 11.1. The van der Waals surface area contributed by atoms with Crippen molar-refractivity contribution in [1.29, 1.82) is 0 Å². The minimum Gasteiger partial charge on any atom is -0.469 e. The largest absolute Gasteiger partial charge is 0.469 e. The number of rotatable bonds is 1. The van der Waals surface area contributed by atoms with Gasteiger partial charge in [0.1, 0.15) is 0 Å². The second-order valence-electron chi connectivity index (χ2n) is 5.49. The summed E-state index contributed by atoms with van der Waals surface area (Å²) in [6.45, 7) is 6.97. The number of carbonyl (C=O) groups excluding carboxylic acids is 2. The SMILES string of the molecule is COC(=O)C1CCCN(C(=O)NC(C)(C)C)C1. The second-order valence-corrected chi connectivity index (χ2v) is 5.49. The third-order valence-corrected chi connectivity index (χ3v) is 2.73. The maximum Gasteiger partial charge on any atom is 0.317 e. The van der Waals surface area contributed by atoms with Gasteiger partial charge in [-0.05, 0) is 33.6 Å². The molecule has 1 atom stereocenters. The van der Waals surface area contributed by atoms with Crippen molar-refractivity contribution >= 4 is 12.0 Å². The Hall–Kier alpha value is -1.26. The molecule has 1 aliphatic rings. The Morgan fingerprint density at radius 3 is 2.53 bits per heavy atom. The first kappa shape index (κ1) is 13.8. The molecule has 1 unspecified atom stereocenters. The molecule has 0 aromatic rings. The van der Waals surface area contributed by atoms with Crippen LogP contribution < -0.4 is 5.32 Å². The standard InChI is InChI=1S/C12H22N2O3/c1-12(2,3)13-11(16)14-7-5-6-9(8-14)10(15)17-4/h9H,5-8H2,1-4H3,(H,13,16). The van der Waals surface area contributed by atoms with Crippen LogP contribution in [0.2, 0.25) is 0 Å². The number of piperidine rings is 1. The number of nitrogens with zero attached hydrogens (tertiary/aromatic N) is 1. The van der Waals surface area contributed by atoms with Crippen molar-refractivity contribution in [2.75, 3.05) is 20.2 Å². The molecule has 5 nitrogen and oxygen atoms in total. The predicted molar refractivity (Wildman–Crippen MR) is 64.6 cm³/mol. The lowest BCUT2D eigenvalue weighted by Crippen LogP contribution is -2.52. The lowest BCUT2D eigenvalue weighted by atomic mass is 9.98. The van der Waals surface area contributed by atoms with Crippen LogP contribution in [0.4, 0.5) is 4.79 Å². The highest BCUT2D eigenvalue weighted by molar-refractivity contribution is 5.77. The van der Waals surface area contributed by atoms with Gasteiger partial charge in [-0.3, -0.25) is 4.79 Å². The fraction of sp³-hybridized carbons (Fsp3) is 0.833. The third kappa shape index (κ3) is 4.24. The number of nitrogens with one attached hydrogen (secondary N) is 1. The number of esters is 1. The number of urea groups is 1. The maximum atomic E-state index is 11.9. The number of hydrogen-bond donors (Lipinski definition) is 1. The zero-order chi connectivity index (χ0) is 13.1. The van der Waals surface area contributed by atoms with Gasteiger partial charge in [-0.15, -0.1) is 0 Å². The topological polar surface area (TPSA) is 58.6 Å². The number of amides is 2. The summed E-state index contributed by atoms with van der Waals surface area (Å²) in [5, 5.41) is 2.90. The molecule has 5 heteroatoms. The van der Waals surface area contributed by atoms with E-state index in [1.807, 2.05) is 20.8 Å². The van der Waals surface area contributed by atoms with E-state index in [-0.39, 0.29) is 23.5 Å². The van der Waals surface area contributed by atoms with Crippen molar-refractivity contribution < 1.29 is 14.3 Å². The highest BCUT2D eigenvalue weighted by atomic mass is 16.5. The summed E-state index contributed by atoms with van der Waals surface area (Å²) in [6, 6.07) is -0.105. The number of hydrogen-bond acceptors (Lipinski definition) is 3. The summed E-state index contributed by atoms with van der Waals surface area (Å²) < 4.78 is 4.72. The summed E-state index contributed by atoms with van der Waals surface area (Å²) in [5.74, 6) is -0.405. The Bertz CT molecular complexity index is 297. The van der Waals surface area contributed by atoms with Crippen molar-refractivity contribution in [1.82, 2.24) is 10.2 Å². The molecule has 1 saturated heterocycles. The van der Waals surface area contributed by atoms with Gasteiger partial charge in [0.05, 0.1) is 13.0 Å². The molecule has 0 saturated carbocycles. The first-order valence-electron chi connectivity index (χ1n) is 5.98. The molecule has 0 bridgehead atoms. The van der Waals surface area contributed by atoms with Crippen molar-refractivity contribution in [3.8, 4) is 0 Å². The smallest absolute Gasteiger partial charge is 0.317 e. The van der Waals surface area contributed by atoms with E-state index in [1.54, 1.807) is 4.90 Å². The maximum absolute atomic E-state index is 11.9. The quantitative estimate of drug-likeness (QED) is 0.707. The molecule has 1 heterocycles. The summed E-state index contributed by atoms with van der Waals surface area (Å²) in [7, 11) is 1.39. The van der Waals surface area contributed by atoms with Crippen LogP contribution in [0.5, 0.6) is 0 Å². The molecular formula is C12H22N2O3. The molecule has 1 N–H and O–H groups in total. The van der Waals surface area contributed by atoms with Crippen LogP contribution >= 0.6 is 0 Å². The van der Waals surface area contributed by atoms with Crippen molar-refractivity contribution in [3.05, 3.63) is 0 Å². The molecule has 0 aliphatic carbocycles. The van der Waals surface area contributed by atoms with Gasteiger partial charge >= 0.3 is 12.0 Å². The Morgan fingerprint density at radius 2 is 2.00 bits per heavy atom. The van der Waals surface area contributed by atoms with E-state index in [0.29, 0.717) is 13.1 Å². The minimum absolute atomic E-state index is 0.105. The normalized spacial score (nSPS) is 20.9. The number of methoxy groups -OCH3 is 1. The molecule has 2 amide bonds. The molecule has 1 fully saturated rings. The molecule has 17 heavy (non-hydrogen) atoms. The van der Waals surface area contributed by atoms with E-state index in [0.717, 1.165) is 12.8 Å². The monoisotopic (exact) mass is 242 g/mol. The average Bonchev–Trinajstić information content (AvgIpc) is 2.26. The molecule has 1 rings (SSSR count). The number of carbonyl (C=O) groups is 2. The summed E-state index contributed by atoms with van der Waals surface area (Å²) in [5.41, 5.74) is -0.255. The van der Waals surface area contributed by atoms with Gasteiger partial charge in [0.25, 0.3) is 0 Å². The minimum atomic E-state index is -0.255. The third-order valence-electron chi connectivity index (χ3n) is 2.73. The summed E-state index contributed by atoms with van der Waals surface area (Å²) in [6.07, 6.45) is 1.64. The first-order chi connectivity index (χ1) is 7.83. The van der Waals surface area contributed by atoms with E-state index < -0.39 is 0 Å². The molecule has 0 aromatic carbocycles. The fourth-order valence-electron chi connectivity index (χ4n) is 1.92. The highest BCUT2D eigenvalue weighted by Gasteiger charge is 2.30. The predicted octanol–water partition coefficient (Wildman–Crippen LogP) is 1.38. The Kier molecular flexibility index (Phi) is 4.37. The van der Waals surface area contributed by atoms with Crippen LogP contribution in [0.3, 0.4) is 0 Å². The van der Waals surface area contributed by atoms with E-state index in [9.17, 15) is 9.59 Å². The lowest BCUT2D eigenvalue weighted by molar-refractivity contribution is -0.146. The molecule has 0 spiro atoms. The van der Waals surface area contributed by atoms with E-state index in [1.165, 1.54) is 7.11 Å². The van der Waals surface area contributed by atoms with Crippen LogP contribution in [0.25, 0.3) is 0 Å². The molecule has 1 aliphatic heterocycles. The Morgan fingerprint density at radius 1 is 1.35 bits per heavy atom. The number of likely N-dealkylation sites (tertiary alicyclic amines) is 1. The average molecular weight is 242 g/mol. The van der Waals surface area contributed by atoms with Crippen LogP contribution in [-0.2, 0) is 9.53 Å². The first-order valence-corrected chi connectivity index (χ1v) is 5.98. The van der Waals surface area contributed by atoms with Gasteiger partial charge in [0, 0.05) is 18.6 Å². The molecule has 98 valence electrons. The van der Waals surface area contributed by atoms with Crippen molar-refractivity contribution in [2.45, 2.75) is 39.2 Å². The van der Waals surface area contributed by atoms with E-state index in [2.05, 4.69) is 5.32 Å². The Balaban J connectivity index is 2.55. The van der Waals surface area contributed by atoms with Gasteiger partial charge in [0.15, 0.2) is 0 Å². The van der Waals surface area contributed by atoms with Crippen LogP contribution in [-0.4, -0.2) is 42.6 Å². The van der Waals surface area contributed by atoms with Crippen LogP contribution in [0.15, 0.2) is 0 Å². The van der Waals surface area contributed by atoms with Gasteiger partial charge in [-0.1, -0.05) is 0 Å². The van der Waals surface area contributed by atoms with E-state index >= 15 is 0 Å². The lowest BCUT2D eigenvalue weighted by Gasteiger charge is -2.33. The summed E-state index contributed by atoms with van der Waals surface area (Å²) in [4.78, 5) is 25.1. The second kappa shape index (κ2) is 5.38.